The molecule has 1 spiro atoms. The molecule has 0 aromatic heterocycles. The average molecular weight is 543 g/mol. The largest absolute Gasteiger partial charge is 0.432 e. The predicted molar refractivity (Wildman–Crippen MR) is 147 cm³/mol. The topological polar surface area (TPSA) is 90.3 Å². The minimum atomic E-state index is -2.91. The van der Waals surface area contributed by atoms with E-state index in [4.69, 9.17) is 16.3 Å². The lowest BCUT2D eigenvalue weighted by atomic mass is 9.82. The number of aliphatic hydroxyl groups is 1. The molecule has 2 aliphatic heterocycles. The summed E-state index contributed by atoms with van der Waals surface area (Å²) in [5.74, 6) is -0.820. The third-order valence-corrected chi connectivity index (χ3v) is 10.3. The van der Waals surface area contributed by atoms with Crippen molar-refractivity contribution in [2.75, 3.05) is 24.6 Å². The first-order chi connectivity index (χ1) is 17.5. The van der Waals surface area contributed by atoms with Gasteiger partial charge in [0.15, 0.2) is 13.9 Å². The normalized spacial score (nSPS) is 25.0. The minimum absolute atomic E-state index is 0.00871. The van der Waals surface area contributed by atoms with Crippen molar-refractivity contribution in [2.45, 2.75) is 50.2 Å². The van der Waals surface area contributed by atoms with Gasteiger partial charge in [-0.05, 0) is 36.9 Å². The number of benzene rings is 2. The zero-order chi connectivity index (χ0) is 27.0. The molecule has 0 bridgehead atoms. The van der Waals surface area contributed by atoms with Gasteiger partial charge in [-0.15, -0.1) is 6.58 Å². The molecule has 2 aromatic carbocycles. The second kappa shape index (κ2) is 10.7. The van der Waals surface area contributed by atoms with Crippen LogP contribution in [0.4, 0.5) is 5.69 Å². The number of rotatable bonds is 9. The summed E-state index contributed by atoms with van der Waals surface area (Å²) in [7, 11) is -2.91. The molecule has 2 aliphatic rings. The van der Waals surface area contributed by atoms with E-state index in [1.165, 1.54) is 0 Å². The first-order valence-electron chi connectivity index (χ1n) is 12.6. The summed E-state index contributed by atoms with van der Waals surface area (Å²) in [4.78, 5) is 42.2. The Labute approximate surface area is 224 Å². The Morgan fingerprint density at radius 3 is 2.59 bits per heavy atom. The molecule has 0 unspecified atom stereocenters. The lowest BCUT2D eigenvalue weighted by Crippen LogP contribution is -2.46. The maximum atomic E-state index is 14.0. The number of nitrogens with zero attached hydrogens (tertiary/aromatic N) is 2. The monoisotopic (exact) mass is 542 g/mol. The Bertz CT molecular complexity index is 1170. The van der Waals surface area contributed by atoms with Crippen LogP contribution in [0.2, 0.25) is 23.7 Å². The second-order valence-electron chi connectivity index (χ2n) is 10.5. The number of hydrogen-bond acceptors (Lipinski definition) is 5. The third kappa shape index (κ3) is 5.01. The molecular weight excluding hydrogens is 508 g/mol. The zero-order valence-corrected chi connectivity index (χ0v) is 23.3. The van der Waals surface area contributed by atoms with Gasteiger partial charge in [-0.25, -0.2) is 0 Å². The van der Waals surface area contributed by atoms with Gasteiger partial charge in [0.05, 0.1) is 24.8 Å². The molecule has 2 amide bonds. The second-order valence-corrected chi connectivity index (χ2v) is 14.9. The van der Waals surface area contributed by atoms with Gasteiger partial charge in [0, 0.05) is 41.7 Å². The van der Waals surface area contributed by atoms with Gasteiger partial charge in [0.25, 0.3) is 5.91 Å². The average Bonchev–Trinajstić information content (AvgIpc) is 3.26. The molecule has 0 radical (unpaired) electrons. The first-order valence-corrected chi connectivity index (χ1v) is 16.0. The highest BCUT2D eigenvalue weighted by Gasteiger charge is 2.66. The SMILES string of the molecule is C=CCN1C(=O)[C@]2(O[C@H](CC(=O)N(CCO)Cc3ccccc3)[C@@H]([Si](C)(C)O)[C@@H]2C)c2cc(Cl)ccc21. The van der Waals surface area contributed by atoms with Gasteiger partial charge >= 0.3 is 0 Å². The van der Waals surface area contributed by atoms with Gasteiger partial charge in [0.1, 0.15) is 0 Å². The quantitative estimate of drug-likeness (QED) is 0.368. The van der Waals surface area contributed by atoms with Crippen molar-refractivity contribution in [3.05, 3.63) is 77.3 Å². The molecule has 0 aliphatic carbocycles. The maximum Gasteiger partial charge on any atom is 0.264 e. The summed E-state index contributed by atoms with van der Waals surface area (Å²) in [5, 5.41) is 10.1. The van der Waals surface area contributed by atoms with Crippen LogP contribution >= 0.6 is 11.6 Å². The van der Waals surface area contributed by atoms with Gasteiger partial charge in [-0.2, -0.15) is 0 Å². The summed E-state index contributed by atoms with van der Waals surface area (Å²) < 4.78 is 6.66. The number of carbonyl (C=O) groups excluding carboxylic acids is 2. The highest BCUT2D eigenvalue weighted by atomic mass is 35.5. The molecule has 4 atom stereocenters. The molecule has 7 nitrogen and oxygen atoms in total. The molecule has 0 saturated carbocycles. The molecule has 2 aromatic rings. The minimum Gasteiger partial charge on any atom is -0.432 e. The van der Waals surface area contributed by atoms with E-state index in [2.05, 4.69) is 6.58 Å². The Hall–Kier alpha value is -2.49. The fourth-order valence-corrected chi connectivity index (χ4v) is 8.80. The van der Waals surface area contributed by atoms with Crippen molar-refractivity contribution in [1.29, 1.82) is 0 Å². The fraction of sp³-hybridized carbons (Fsp3) is 0.429. The van der Waals surface area contributed by atoms with Crippen LogP contribution in [-0.2, 0) is 26.5 Å². The van der Waals surface area contributed by atoms with E-state index >= 15 is 0 Å². The predicted octanol–water partition coefficient (Wildman–Crippen LogP) is 4.08. The molecule has 1 saturated heterocycles. The van der Waals surface area contributed by atoms with Crippen LogP contribution in [0.5, 0.6) is 0 Å². The van der Waals surface area contributed by atoms with Crippen LogP contribution in [0.1, 0.15) is 24.5 Å². The Kier molecular flexibility index (Phi) is 7.97. The van der Waals surface area contributed by atoms with Gasteiger partial charge in [-0.1, -0.05) is 54.9 Å². The Balaban J connectivity index is 1.70. The van der Waals surface area contributed by atoms with Gasteiger partial charge in [-0.3, -0.25) is 9.59 Å². The first kappa shape index (κ1) is 27.5. The molecule has 2 N–H and O–H groups in total. The lowest BCUT2D eigenvalue weighted by Gasteiger charge is -2.32. The third-order valence-electron chi connectivity index (χ3n) is 7.57. The molecule has 4 rings (SSSR count). The molecule has 9 heteroatoms. The smallest absolute Gasteiger partial charge is 0.264 e. The van der Waals surface area contributed by atoms with E-state index in [0.29, 0.717) is 29.4 Å². The number of amides is 2. The Morgan fingerprint density at radius 1 is 1.27 bits per heavy atom. The molecular formula is C28H35ClN2O5Si. The van der Waals surface area contributed by atoms with E-state index in [1.807, 2.05) is 56.4 Å². The number of halogens is 1. The van der Waals surface area contributed by atoms with Crippen molar-refractivity contribution in [1.82, 2.24) is 4.90 Å². The number of aliphatic hydroxyl groups excluding tert-OH is 1. The van der Waals surface area contributed by atoms with E-state index in [-0.39, 0.29) is 36.9 Å². The maximum absolute atomic E-state index is 14.0. The van der Waals surface area contributed by atoms with Crippen molar-refractivity contribution >= 4 is 37.4 Å². The molecule has 198 valence electrons. The molecule has 2 heterocycles. The molecule has 37 heavy (non-hydrogen) atoms. The summed E-state index contributed by atoms with van der Waals surface area (Å²) >= 11 is 6.37. The number of hydrogen-bond donors (Lipinski definition) is 2. The summed E-state index contributed by atoms with van der Waals surface area (Å²) in [6.45, 7) is 10.0. The van der Waals surface area contributed by atoms with Crippen LogP contribution in [0, 0.1) is 5.92 Å². The van der Waals surface area contributed by atoms with Crippen molar-refractivity contribution in [2.24, 2.45) is 5.92 Å². The number of fused-ring (bicyclic) bond motifs is 2. The van der Waals surface area contributed by atoms with E-state index in [1.54, 1.807) is 28.0 Å². The number of carbonyl (C=O) groups is 2. The van der Waals surface area contributed by atoms with Gasteiger partial charge < -0.3 is 24.4 Å². The number of anilines is 1. The zero-order valence-electron chi connectivity index (χ0n) is 21.6. The van der Waals surface area contributed by atoms with E-state index < -0.39 is 25.9 Å². The Morgan fingerprint density at radius 2 is 1.97 bits per heavy atom. The van der Waals surface area contributed by atoms with Crippen molar-refractivity contribution in [3.8, 4) is 0 Å². The van der Waals surface area contributed by atoms with Crippen LogP contribution in [-0.4, -0.2) is 60.7 Å². The van der Waals surface area contributed by atoms with Crippen LogP contribution < -0.4 is 4.90 Å². The van der Waals surface area contributed by atoms with E-state index in [0.717, 1.165) is 5.56 Å². The lowest BCUT2D eigenvalue weighted by molar-refractivity contribution is -0.149. The summed E-state index contributed by atoms with van der Waals surface area (Å²) in [5.41, 5.74) is 0.574. The van der Waals surface area contributed by atoms with Gasteiger partial charge in [0.2, 0.25) is 5.91 Å². The standard InChI is InChI=1S/C28H35ClN2O5Si/c1-5-13-31-23-12-11-21(29)16-22(23)28(27(31)34)19(2)26(37(3,4)35)24(36-28)17-25(33)30(14-15-32)18-20-9-7-6-8-10-20/h5-12,16,19,24,26,32,35H,1,13-15,17-18H2,2-4H3/t19-,24+,26-,28+/m0/s1. The summed E-state index contributed by atoms with van der Waals surface area (Å²) in [6, 6.07) is 14.9. The summed E-state index contributed by atoms with van der Waals surface area (Å²) in [6.07, 6.45) is 0.977. The van der Waals surface area contributed by atoms with Crippen molar-refractivity contribution in [3.63, 3.8) is 0 Å². The number of ether oxygens (including phenoxy) is 1. The fourth-order valence-electron chi connectivity index (χ4n) is 6.08. The van der Waals surface area contributed by atoms with E-state index in [9.17, 15) is 19.5 Å². The van der Waals surface area contributed by atoms with Crippen LogP contribution in [0.25, 0.3) is 0 Å². The highest BCUT2D eigenvalue weighted by molar-refractivity contribution is 6.71. The highest BCUT2D eigenvalue weighted by Crippen LogP contribution is 2.59. The van der Waals surface area contributed by atoms with Crippen molar-refractivity contribution < 1.29 is 24.2 Å². The van der Waals surface area contributed by atoms with Crippen LogP contribution in [0.15, 0.2) is 61.2 Å². The molecule has 1 fully saturated rings. The van der Waals surface area contributed by atoms with Crippen LogP contribution in [0.3, 0.4) is 0 Å².